The van der Waals surface area contributed by atoms with E-state index in [1.807, 2.05) is 30.3 Å². The normalized spacial score (nSPS) is 10.6. The fraction of sp³-hybridized carbons (Fsp3) is 0.118. The van der Waals surface area contributed by atoms with Gasteiger partial charge in [-0.1, -0.05) is 30.3 Å². The molecule has 0 spiro atoms. The maximum atomic E-state index is 12.2. The van der Waals surface area contributed by atoms with Gasteiger partial charge in [-0.05, 0) is 11.6 Å². The molecule has 4 nitrogen and oxygen atoms in total. The van der Waals surface area contributed by atoms with E-state index in [1.165, 1.54) is 0 Å². The number of rotatable bonds is 3. The maximum absolute atomic E-state index is 12.2. The van der Waals surface area contributed by atoms with Crippen molar-refractivity contribution in [3.05, 3.63) is 59.0 Å². The first-order valence-electron chi connectivity index (χ1n) is 6.48. The highest BCUT2D eigenvalue weighted by molar-refractivity contribution is 5.88. The zero-order valence-electron chi connectivity index (χ0n) is 11.8. The molecule has 3 aromatic rings. The summed E-state index contributed by atoms with van der Waals surface area (Å²) in [4.78, 5) is 12.2. The van der Waals surface area contributed by atoms with Crippen molar-refractivity contribution in [2.75, 3.05) is 14.2 Å². The van der Waals surface area contributed by atoms with Crippen LogP contribution in [-0.2, 0) is 0 Å². The molecule has 4 heteroatoms. The van der Waals surface area contributed by atoms with Crippen molar-refractivity contribution in [3.63, 3.8) is 0 Å². The van der Waals surface area contributed by atoms with Gasteiger partial charge in [-0.25, -0.2) is 4.79 Å². The monoisotopic (exact) mass is 282 g/mol. The Morgan fingerprint density at radius 1 is 0.952 bits per heavy atom. The maximum Gasteiger partial charge on any atom is 0.344 e. The Morgan fingerprint density at radius 3 is 2.38 bits per heavy atom. The van der Waals surface area contributed by atoms with Crippen molar-refractivity contribution >= 4 is 11.0 Å². The van der Waals surface area contributed by atoms with Crippen LogP contribution in [0.3, 0.4) is 0 Å². The standard InChI is InChI=1S/C17H14O4/c1-19-12-8-15(20-2)14-10-13(11-6-4-3-5-7-11)17(18)21-16(14)9-12/h3-10H,1-2H3. The minimum absolute atomic E-state index is 0.385. The summed E-state index contributed by atoms with van der Waals surface area (Å²) >= 11 is 0. The minimum Gasteiger partial charge on any atom is -0.496 e. The first-order chi connectivity index (χ1) is 10.2. The number of hydrogen-bond acceptors (Lipinski definition) is 4. The van der Waals surface area contributed by atoms with Crippen molar-refractivity contribution in [1.82, 2.24) is 0 Å². The van der Waals surface area contributed by atoms with Crippen molar-refractivity contribution in [1.29, 1.82) is 0 Å². The first-order valence-corrected chi connectivity index (χ1v) is 6.48. The van der Waals surface area contributed by atoms with Crippen LogP contribution < -0.4 is 15.1 Å². The molecule has 2 aromatic carbocycles. The summed E-state index contributed by atoms with van der Waals surface area (Å²) in [6, 6.07) is 14.6. The van der Waals surface area contributed by atoms with Crippen molar-refractivity contribution < 1.29 is 13.9 Å². The van der Waals surface area contributed by atoms with E-state index in [0.29, 0.717) is 22.6 Å². The summed E-state index contributed by atoms with van der Waals surface area (Å²) in [6.07, 6.45) is 0. The zero-order valence-corrected chi connectivity index (χ0v) is 11.8. The molecule has 0 saturated carbocycles. The van der Waals surface area contributed by atoms with Gasteiger partial charge in [0.1, 0.15) is 17.1 Å². The highest BCUT2D eigenvalue weighted by atomic mass is 16.5. The summed E-state index contributed by atoms with van der Waals surface area (Å²) in [6.45, 7) is 0. The highest BCUT2D eigenvalue weighted by Gasteiger charge is 2.12. The molecule has 0 N–H and O–H groups in total. The molecule has 0 atom stereocenters. The Bertz CT molecular complexity index is 835. The molecule has 106 valence electrons. The third kappa shape index (κ3) is 2.36. The third-order valence-electron chi connectivity index (χ3n) is 3.33. The zero-order chi connectivity index (χ0) is 14.8. The fourth-order valence-electron chi connectivity index (χ4n) is 2.27. The Hall–Kier alpha value is -2.75. The lowest BCUT2D eigenvalue weighted by atomic mass is 10.1. The van der Waals surface area contributed by atoms with Gasteiger partial charge in [0.15, 0.2) is 0 Å². The van der Waals surface area contributed by atoms with Gasteiger partial charge in [0.05, 0.1) is 25.2 Å². The van der Waals surface area contributed by atoms with E-state index in [2.05, 4.69) is 0 Å². The second kappa shape index (κ2) is 5.32. The molecule has 0 fully saturated rings. The van der Waals surface area contributed by atoms with E-state index < -0.39 is 0 Å². The summed E-state index contributed by atoms with van der Waals surface area (Å²) < 4.78 is 16.0. The molecule has 1 heterocycles. The SMILES string of the molecule is COc1cc(OC)c2cc(-c3ccccc3)c(=O)oc2c1. The second-order valence-electron chi connectivity index (χ2n) is 4.56. The van der Waals surface area contributed by atoms with Gasteiger partial charge in [0.25, 0.3) is 0 Å². The molecular formula is C17H14O4. The van der Waals surface area contributed by atoms with E-state index in [1.54, 1.807) is 32.4 Å². The van der Waals surface area contributed by atoms with Crippen LogP contribution in [0.1, 0.15) is 0 Å². The molecule has 0 aliphatic rings. The molecule has 0 bridgehead atoms. The van der Waals surface area contributed by atoms with Gasteiger partial charge < -0.3 is 13.9 Å². The summed E-state index contributed by atoms with van der Waals surface area (Å²) in [7, 11) is 3.12. The number of hydrogen-bond donors (Lipinski definition) is 0. The van der Waals surface area contributed by atoms with Gasteiger partial charge >= 0.3 is 5.63 Å². The second-order valence-corrected chi connectivity index (χ2v) is 4.56. The largest absolute Gasteiger partial charge is 0.496 e. The van der Waals surface area contributed by atoms with E-state index in [0.717, 1.165) is 10.9 Å². The van der Waals surface area contributed by atoms with Crippen LogP contribution in [0.2, 0.25) is 0 Å². The molecule has 0 saturated heterocycles. The number of fused-ring (bicyclic) bond motifs is 1. The molecule has 0 radical (unpaired) electrons. The van der Waals surface area contributed by atoms with Gasteiger partial charge in [-0.15, -0.1) is 0 Å². The molecular weight excluding hydrogens is 268 g/mol. The van der Waals surface area contributed by atoms with E-state index >= 15 is 0 Å². The van der Waals surface area contributed by atoms with Crippen LogP contribution in [0, 0.1) is 0 Å². The Balaban J connectivity index is 2.31. The van der Waals surface area contributed by atoms with Gasteiger partial charge in [-0.2, -0.15) is 0 Å². The van der Waals surface area contributed by atoms with Crippen LogP contribution in [0.5, 0.6) is 11.5 Å². The van der Waals surface area contributed by atoms with Gasteiger partial charge in [0, 0.05) is 12.1 Å². The molecule has 0 unspecified atom stereocenters. The summed E-state index contributed by atoms with van der Waals surface area (Å²) in [5.74, 6) is 1.18. The van der Waals surface area contributed by atoms with Crippen LogP contribution in [-0.4, -0.2) is 14.2 Å². The van der Waals surface area contributed by atoms with Crippen LogP contribution >= 0.6 is 0 Å². The highest BCUT2D eigenvalue weighted by Crippen LogP contribution is 2.32. The number of ether oxygens (including phenoxy) is 2. The van der Waals surface area contributed by atoms with E-state index in [9.17, 15) is 4.79 Å². The molecule has 21 heavy (non-hydrogen) atoms. The first kappa shape index (κ1) is 13.2. The van der Waals surface area contributed by atoms with Gasteiger partial charge in [-0.3, -0.25) is 0 Å². The lowest BCUT2D eigenvalue weighted by molar-refractivity contribution is 0.396. The molecule has 3 rings (SSSR count). The lowest BCUT2D eigenvalue weighted by Gasteiger charge is -2.09. The average molecular weight is 282 g/mol. The van der Waals surface area contributed by atoms with Crippen LogP contribution in [0.25, 0.3) is 22.1 Å². The van der Waals surface area contributed by atoms with Crippen molar-refractivity contribution in [3.8, 4) is 22.6 Å². The Morgan fingerprint density at radius 2 is 1.71 bits per heavy atom. The van der Waals surface area contributed by atoms with Crippen molar-refractivity contribution in [2.24, 2.45) is 0 Å². The number of benzene rings is 2. The van der Waals surface area contributed by atoms with Gasteiger partial charge in [0.2, 0.25) is 0 Å². The molecule has 1 aromatic heterocycles. The quantitative estimate of drug-likeness (QED) is 0.690. The molecule has 0 aliphatic carbocycles. The smallest absolute Gasteiger partial charge is 0.344 e. The van der Waals surface area contributed by atoms with Crippen molar-refractivity contribution in [2.45, 2.75) is 0 Å². The average Bonchev–Trinajstić information content (AvgIpc) is 2.53. The predicted molar refractivity (Wildman–Crippen MR) is 81.0 cm³/mol. The fourth-order valence-corrected chi connectivity index (χ4v) is 2.27. The lowest BCUT2D eigenvalue weighted by Crippen LogP contribution is -2.03. The van der Waals surface area contributed by atoms with Crippen LogP contribution in [0.4, 0.5) is 0 Å². The molecule has 0 aliphatic heterocycles. The summed E-state index contributed by atoms with van der Waals surface area (Å²) in [5.41, 5.74) is 1.37. The minimum atomic E-state index is -0.385. The van der Waals surface area contributed by atoms with E-state index in [-0.39, 0.29) is 5.63 Å². The predicted octanol–water partition coefficient (Wildman–Crippen LogP) is 3.48. The summed E-state index contributed by atoms with van der Waals surface area (Å²) in [5, 5.41) is 0.733. The Kier molecular flexibility index (Phi) is 3.36. The third-order valence-corrected chi connectivity index (χ3v) is 3.33. The molecule has 0 amide bonds. The van der Waals surface area contributed by atoms with E-state index in [4.69, 9.17) is 13.9 Å². The number of methoxy groups -OCH3 is 2. The topological polar surface area (TPSA) is 48.7 Å². The van der Waals surface area contributed by atoms with Crippen LogP contribution in [0.15, 0.2) is 57.7 Å². The Labute approximate surface area is 121 Å².